The molecule has 1 fully saturated rings. The average Bonchev–Trinajstić information content (AvgIpc) is 2.46. The SMILES string of the molecule is CNc1nc(NCCOC2CCCCC2)c(Cl)cc1Cl. The molecule has 1 aliphatic rings. The molecule has 112 valence electrons. The fourth-order valence-electron chi connectivity index (χ4n) is 2.39. The number of aromatic nitrogens is 1. The van der Waals surface area contributed by atoms with Gasteiger partial charge in [0.25, 0.3) is 0 Å². The second-order valence-electron chi connectivity index (χ2n) is 4.96. The molecule has 2 N–H and O–H groups in total. The van der Waals surface area contributed by atoms with E-state index in [-0.39, 0.29) is 0 Å². The van der Waals surface area contributed by atoms with Crippen molar-refractivity contribution in [1.29, 1.82) is 0 Å². The Balaban J connectivity index is 1.78. The Labute approximate surface area is 130 Å². The molecule has 1 aliphatic carbocycles. The Morgan fingerprint density at radius 3 is 2.60 bits per heavy atom. The summed E-state index contributed by atoms with van der Waals surface area (Å²) in [6.45, 7) is 1.36. The molecule has 6 heteroatoms. The van der Waals surface area contributed by atoms with Crippen molar-refractivity contribution in [2.45, 2.75) is 38.2 Å². The monoisotopic (exact) mass is 317 g/mol. The van der Waals surface area contributed by atoms with Crippen LogP contribution < -0.4 is 10.6 Å². The van der Waals surface area contributed by atoms with E-state index in [9.17, 15) is 0 Å². The van der Waals surface area contributed by atoms with E-state index in [1.54, 1.807) is 13.1 Å². The molecule has 0 amide bonds. The Kier molecular flexibility index (Phi) is 6.20. The van der Waals surface area contributed by atoms with Gasteiger partial charge in [-0.1, -0.05) is 42.5 Å². The Bertz CT molecular complexity index is 437. The van der Waals surface area contributed by atoms with E-state index >= 15 is 0 Å². The Hall–Kier alpha value is -0.710. The molecule has 0 unspecified atom stereocenters. The van der Waals surface area contributed by atoms with Gasteiger partial charge in [-0.05, 0) is 18.9 Å². The number of hydrogen-bond donors (Lipinski definition) is 2. The molecule has 0 atom stereocenters. The summed E-state index contributed by atoms with van der Waals surface area (Å²) in [5.74, 6) is 1.25. The first kappa shape index (κ1) is 15.7. The standard InChI is InChI=1S/C14H21Cl2N3O/c1-17-13-11(15)9-12(16)14(19-13)18-7-8-20-10-5-3-2-4-6-10/h9-10H,2-8H2,1H3,(H2,17,18,19). The van der Waals surface area contributed by atoms with Crippen molar-refractivity contribution in [2.24, 2.45) is 0 Å². The molecule has 1 saturated carbocycles. The summed E-state index contributed by atoms with van der Waals surface area (Å²) in [4.78, 5) is 4.33. The summed E-state index contributed by atoms with van der Waals surface area (Å²) < 4.78 is 5.85. The van der Waals surface area contributed by atoms with Crippen molar-refractivity contribution in [1.82, 2.24) is 4.98 Å². The minimum absolute atomic E-state index is 0.423. The molecule has 1 aromatic rings. The molecular weight excluding hydrogens is 297 g/mol. The van der Waals surface area contributed by atoms with Gasteiger partial charge >= 0.3 is 0 Å². The van der Waals surface area contributed by atoms with E-state index in [2.05, 4.69) is 15.6 Å². The fraction of sp³-hybridized carbons (Fsp3) is 0.643. The van der Waals surface area contributed by atoms with Crippen LogP contribution in [0.4, 0.5) is 11.6 Å². The van der Waals surface area contributed by atoms with Gasteiger partial charge in [0.05, 0.1) is 22.8 Å². The summed E-state index contributed by atoms with van der Waals surface area (Å²) >= 11 is 12.1. The third-order valence-electron chi connectivity index (χ3n) is 3.47. The molecular formula is C14H21Cl2N3O. The highest BCUT2D eigenvalue weighted by molar-refractivity contribution is 6.37. The Morgan fingerprint density at radius 2 is 1.90 bits per heavy atom. The largest absolute Gasteiger partial charge is 0.376 e. The maximum Gasteiger partial charge on any atom is 0.147 e. The zero-order chi connectivity index (χ0) is 14.4. The normalized spacial score (nSPS) is 16.1. The first-order valence-electron chi connectivity index (χ1n) is 7.10. The first-order chi connectivity index (χ1) is 9.70. The molecule has 1 heterocycles. The maximum atomic E-state index is 6.11. The predicted octanol–water partition coefficient (Wildman–Crippen LogP) is 4.19. The van der Waals surface area contributed by atoms with Crippen LogP contribution in [0.25, 0.3) is 0 Å². The van der Waals surface area contributed by atoms with E-state index in [0.717, 1.165) is 0 Å². The summed E-state index contributed by atoms with van der Waals surface area (Å²) in [7, 11) is 1.78. The van der Waals surface area contributed by atoms with Crippen molar-refractivity contribution >= 4 is 34.8 Å². The van der Waals surface area contributed by atoms with Gasteiger partial charge in [0.1, 0.15) is 11.6 Å². The van der Waals surface area contributed by atoms with Crippen molar-refractivity contribution in [3.63, 3.8) is 0 Å². The van der Waals surface area contributed by atoms with E-state index in [0.29, 0.717) is 40.9 Å². The molecule has 0 radical (unpaired) electrons. The van der Waals surface area contributed by atoms with Crippen molar-refractivity contribution < 1.29 is 4.74 Å². The molecule has 0 aromatic carbocycles. The quantitative estimate of drug-likeness (QED) is 0.772. The highest BCUT2D eigenvalue weighted by atomic mass is 35.5. The number of nitrogens with zero attached hydrogens (tertiary/aromatic N) is 1. The van der Waals surface area contributed by atoms with Gasteiger partial charge in [-0.25, -0.2) is 4.98 Å². The maximum absolute atomic E-state index is 6.11. The van der Waals surface area contributed by atoms with E-state index in [1.807, 2.05) is 0 Å². The molecule has 2 rings (SSSR count). The highest BCUT2D eigenvalue weighted by Gasteiger charge is 2.13. The van der Waals surface area contributed by atoms with Gasteiger partial charge in [0.15, 0.2) is 0 Å². The van der Waals surface area contributed by atoms with Crippen LogP contribution in [0.1, 0.15) is 32.1 Å². The molecule has 1 aromatic heterocycles. The van der Waals surface area contributed by atoms with Crippen molar-refractivity contribution in [3.8, 4) is 0 Å². The van der Waals surface area contributed by atoms with Crippen LogP contribution in [0.2, 0.25) is 10.0 Å². The minimum Gasteiger partial charge on any atom is -0.376 e. The fourth-order valence-corrected chi connectivity index (χ4v) is 2.91. The zero-order valence-corrected chi connectivity index (χ0v) is 13.2. The third-order valence-corrected chi connectivity index (χ3v) is 4.04. The first-order valence-corrected chi connectivity index (χ1v) is 7.85. The molecule has 0 saturated heterocycles. The zero-order valence-electron chi connectivity index (χ0n) is 11.7. The number of nitrogens with one attached hydrogen (secondary N) is 2. The van der Waals surface area contributed by atoms with E-state index in [1.165, 1.54) is 32.1 Å². The predicted molar refractivity (Wildman–Crippen MR) is 85.1 cm³/mol. The number of anilines is 2. The summed E-state index contributed by atoms with van der Waals surface area (Å²) in [6, 6.07) is 1.69. The van der Waals surface area contributed by atoms with Crippen LogP contribution in [0.5, 0.6) is 0 Å². The number of halogens is 2. The van der Waals surface area contributed by atoms with Gasteiger partial charge in [-0.15, -0.1) is 0 Å². The minimum atomic E-state index is 0.423. The van der Waals surface area contributed by atoms with Gasteiger partial charge in [-0.2, -0.15) is 0 Å². The number of pyridine rings is 1. The smallest absolute Gasteiger partial charge is 0.147 e. The average molecular weight is 318 g/mol. The highest BCUT2D eigenvalue weighted by Crippen LogP contribution is 2.28. The van der Waals surface area contributed by atoms with Crippen molar-refractivity contribution in [2.75, 3.05) is 30.8 Å². The second-order valence-corrected chi connectivity index (χ2v) is 5.77. The van der Waals surface area contributed by atoms with E-state index < -0.39 is 0 Å². The lowest BCUT2D eigenvalue weighted by Gasteiger charge is -2.22. The van der Waals surface area contributed by atoms with Crippen LogP contribution in [0, 0.1) is 0 Å². The number of ether oxygens (including phenoxy) is 1. The van der Waals surface area contributed by atoms with Crippen LogP contribution >= 0.6 is 23.2 Å². The molecule has 0 aliphatic heterocycles. The molecule has 20 heavy (non-hydrogen) atoms. The summed E-state index contributed by atoms with van der Waals surface area (Å²) in [5, 5.41) is 7.16. The van der Waals surface area contributed by atoms with Gasteiger partial charge in [-0.3, -0.25) is 0 Å². The summed E-state index contributed by atoms with van der Waals surface area (Å²) in [5.41, 5.74) is 0. The van der Waals surface area contributed by atoms with Gasteiger partial charge in [0, 0.05) is 13.6 Å². The van der Waals surface area contributed by atoms with E-state index in [4.69, 9.17) is 27.9 Å². The van der Waals surface area contributed by atoms with Crippen LogP contribution in [-0.4, -0.2) is 31.3 Å². The molecule has 0 bridgehead atoms. The number of hydrogen-bond acceptors (Lipinski definition) is 4. The lowest BCUT2D eigenvalue weighted by Crippen LogP contribution is -2.20. The van der Waals surface area contributed by atoms with Gasteiger partial charge in [0.2, 0.25) is 0 Å². The lowest BCUT2D eigenvalue weighted by molar-refractivity contribution is 0.0347. The van der Waals surface area contributed by atoms with Gasteiger partial charge < -0.3 is 15.4 Å². The second kappa shape index (κ2) is 7.91. The lowest BCUT2D eigenvalue weighted by atomic mass is 9.98. The number of rotatable bonds is 6. The third kappa shape index (κ3) is 4.40. The molecule has 0 spiro atoms. The van der Waals surface area contributed by atoms with Crippen molar-refractivity contribution in [3.05, 3.63) is 16.1 Å². The topological polar surface area (TPSA) is 46.2 Å². The van der Waals surface area contributed by atoms with Crippen LogP contribution in [-0.2, 0) is 4.74 Å². The van der Waals surface area contributed by atoms with Crippen LogP contribution in [0.15, 0.2) is 6.07 Å². The van der Waals surface area contributed by atoms with Crippen LogP contribution in [0.3, 0.4) is 0 Å². The molecule has 4 nitrogen and oxygen atoms in total. The summed E-state index contributed by atoms with van der Waals surface area (Å²) in [6.07, 6.45) is 6.71. The Morgan fingerprint density at radius 1 is 1.20 bits per heavy atom.